The molecule has 1 aliphatic heterocycles. The average Bonchev–Trinajstić information content (AvgIpc) is 2.51. The molecular weight excluding hydrogens is 310 g/mol. The van der Waals surface area contributed by atoms with E-state index in [4.69, 9.17) is 4.74 Å². The van der Waals surface area contributed by atoms with Crippen LogP contribution in [-0.2, 0) is 11.2 Å². The highest BCUT2D eigenvalue weighted by Crippen LogP contribution is 2.30. The number of aromatic hydroxyl groups is 2. The summed E-state index contributed by atoms with van der Waals surface area (Å²) in [7, 11) is 0. The van der Waals surface area contributed by atoms with Crippen molar-refractivity contribution in [1.82, 2.24) is 0 Å². The standard InChI is InChI=1S/C18H21NO5/c1-12-7-5-3-2-4-6-8-14(19-23)9-13-10-15(20)11-16(21)17(13)18(22)24-12/h3,5-6,8,10-12,14,20-21H,2,4,7,9H2,1H3. The minimum atomic E-state index is -0.693. The van der Waals surface area contributed by atoms with Gasteiger partial charge in [0, 0.05) is 18.9 Å². The van der Waals surface area contributed by atoms with Crippen LogP contribution >= 0.6 is 0 Å². The number of cyclic esters (lactones) is 1. The van der Waals surface area contributed by atoms with Gasteiger partial charge < -0.3 is 14.9 Å². The van der Waals surface area contributed by atoms with Gasteiger partial charge in [-0.15, -0.1) is 0 Å². The number of allylic oxidation sites excluding steroid dienone is 2. The summed E-state index contributed by atoms with van der Waals surface area (Å²) in [6.07, 6.45) is 9.37. The second kappa shape index (κ2) is 8.29. The van der Waals surface area contributed by atoms with Crippen molar-refractivity contribution < 1.29 is 19.7 Å². The Morgan fingerprint density at radius 3 is 2.67 bits per heavy atom. The van der Waals surface area contributed by atoms with Crippen LogP contribution in [0, 0.1) is 4.91 Å². The number of carbonyl (C=O) groups is 1. The summed E-state index contributed by atoms with van der Waals surface area (Å²) in [6, 6.07) is 1.73. The number of hydrogen-bond acceptors (Lipinski definition) is 6. The second-order valence-corrected chi connectivity index (χ2v) is 5.80. The Kier molecular flexibility index (Phi) is 6.12. The number of nitrogens with zero attached hydrogens (tertiary/aromatic N) is 1. The van der Waals surface area contributed by atoms with Crippen molar-refractivity contribution in [3.8, 4) is 11.5 Å². The first-order chi connectivity index (χ1) is 11.5. The maximum Gasteiger partial charge on any atom is 0.342 e. The molecule has 128 valence electrons. The zero-order chi connectivity index (χ0) is 17.5. The van der Waals surface area contributed by atoms with Crippen LogP contribution in [0.15, 0.2) is 41.6 Å². The van der Waals surface area contributed by atoms with Crippen LogP contribution in [0.2, 0.25) is 0 Å². The molecule has 0 aromatic heterocycles. The highest BCUT2D eigenvalue weighted by molar-refractivity contribution is 5.94. The van der Waals surface area contributed by atoms with Crippen LogP contribution in [0.4, 0.5) is 0 Å². The monoisotopic (exact) mass is 331 g/mol. The molecule has 2 rings (SSSR count). The molecule has 0 aliphatic carbocycles. The van der Waals surface area contributed by atoms with Crippen molar-refractivity contribution in [2.45, 2.75) is 44.8 Å². The fraction of sp³-hybridized carbons (Fsp3) is 0.389. The molecule has 6 heteroatoms. The predicted octanol–water partition coefficient (Wildman–Crippen LogP) is 3.62. The van der Waals surface area contributed by atoms with Gasteiger partial charge in [-0.3, -0.25) is 0 Å². The summed E-state index contributed by atoms with van der Waals surface area (Å²) in [5, 5.41) is 22.8. The summed E-state index contributed by atoms with van der Waals surface area (Å²) in [6.45, 7) is 1.76. The molecule has 1 aliphatic rings. The van der Waals surface area contributed by atoms with Crippen molar-refractivity contribution in [3.63, 3.8) is 0 Å². The van der Waals surface area contributed by atoms with Gasteiger partial charge in [-0.25, -0.2) is 4.79 Å². The minimum absolute atomic E-state index is 0.0391. The van der Waals surface area contributed by atoms with Crippen LogP contribution in [0.25, 0.3) is 0 Å². The molecule has 0 spiro atoms. The van der Waals surface area contributed by atoms with E-state index in [1.165, 1.54) is 6.07 Å². The van der Waals surface area contributed by atoms with Crippen molar-refractivity contribution in [3.05, 3.63) is 52.5 Å². The van der Waals surface area contributed by atoms with E-state index in [-0.39, 0.29) is 29.6 Å². The third kappa shape index (κ3) is 4.68. The van der Waals surface area contributed by atoms with E-state index in [0.717, 1.165) is 18.9 Å². The quantitative estimate of drug-likeness (QED) is 0.465. The number of hydrogen-bond donors (Lipinski definition) is 2. The Bertz CT molecular complexity index is 666. The lowest BCUT2D eigenvalue weighted by Gasteiger charge is -2.16. The van der Waals surface area contributed by atoms with Crippen molar-refractivity contribution in [2.24, 2.45) is 5.18 Å². The van der Waals surface area contributed by atoms with Crippen LogP contribution < -0.4 is 0 Å². The molecule has 0 radical (unpaired) electrons. The lowest BCUT2D eigenvalue weighted by atomic mass is 9.98. The molecule has 1 aromatic carbocycles. The summed E-state index contributed by atoms with van der Waals surface area (Å²) in [5.41, 5.74) is 0.286. The van der Waals surface area contributed by atoms with Gasteiger partial charge in [-0.2, -0.15) is 4.91 Å². The maximum atomic E-state index is 12.4. The Balaban J connectivity index is 2.42. The Labute approximate surface area is 140 Å². The van der Waals surface area contributed by atoms with Crippen LogP contribution in [0.5, 0.6) is 11.5 Å². The van der Waals surface area contributed by atoms with E-state index in [1.807, 2.05) is 18.2 Å². The number of benzene rings is 1. The molecule has 2 unspecified atom stereocenters. The SMILES string of the molecule is CC1CC=CCCC=CC(N=O)Cc2cc(O)cc(O)c2C(=O)O1. The molecule has 24 heavy (non-hydrogen) atoms. The van der Waals surface area contributed by atoms with Crippen LogP contribution in [-0.4, -0.2) is 28.3 Å². The highest BCUT2D eigenvalue weighted by Gasteiger charge is 2.23. The predicted molar refractivity (Wildman–Crippen MR) is 90.1 cm³/mol. The number of fused-ring (bicyclic) bond motifs is 1. The third-order valence-corrected chi connectivity index (χ3v) is 3.75. The summed E-state index contributed by atoms with van der Waals surface area (Å²) >= 11 is 0. The van der Waals surface area contributed by atoms with Gasteiger partial charge in [0.25, 0.3) is 0 Å². The van der Waals surface area contributed by atoms with Gasteiger partial charge in [-0.05, 0) is 31.4 Å². The van der Waals surface area contributed by atoms with E-state index < -0.39 is 12.0 Å². The molecule has 0 saturated heterocycles. The zero-order valence-corrected chi connectivity index (χ0v) is 13.5. The first-order valence-electron chi connectivity index (χ1n) is 7.91. The molecule has 2 N–H and O–H groups in total. The van der Waals surface area contributed by atoms with E-state index >= 15 is 0 Å². The van der Waals surface area contributed by atoms with Crippen molar-refractivity contribution >= 4 is 5.97 Å². The summed E-state index contributed by atoms with van der Waals surface area (Å²) in [5.74, 6) is -1.25. The lowest BCUT2D eigenvalue weighted by Crippen LogP contribution is -2.17. The molecule has 1 heterocycles. The normalized spacial score (nSPS) is 22.3. The Morgan fingerprint density at radius 1 is 1.17 bits per heavy atom. The first kappa shape index (κ1) is 17.7. The maximum absolute atomic E-state index is 12.4. The number of nitroso groups, excluding NO2 is 1. The third-order valence-electron chi connectivity index (χ3n) is 3.75. The molecule has 0 saturated carbocycles. The fourth-order valence-corrected chi connectivity index (χ4v) is 2.57. The largest absolute Gasteiger partial charge is 0.508 e. The fourth-order valence-electron chi connectivity index (χ4n) is 2.57. The first-order valence-corrected chi connectivity index (χ1v) is 7.91. The Morgan fingerprint density at radius 2 is 1.92 bits per heavy atom. The molecular formula is C18H21NO5. The molecule has 2 atom stereocenters. The van der Waals surface area contributed by atoms with Crippen LogP contribution in [0.3, 0.4) is 0 Å². The highest BCUT2D eigenvalue weighted by atomic mass is 16.5. The molecule has 0 fully saturated rings. The van der Waals surface area contributed by atoms with E-state index in [1.54, 1.807) is 13.0 Å². The Hall–Kier alpha value is -2.63. The lowest BCUT2D eigenvalue weighted by molar-refractivity contribution is 0.0343. The molecule has 6 nitrogen and oxygen atoms in total. The zero-order valence-electron chi connectivity index (χ0n) is 13.5. The smallest absolute Gasteiger partial charge is 0.342 e. The van der Waals surface area contributed by atoms with Crippen molar-refractivity contribution in [1.29, 1.82) is 0 Å². The van der Waals surface area contributed by atoms with Gasteiger partial charge in [0.15, 0.2) is 0 Å². The van der Waals surface area contributed by atoms with E-state index in [2.05, 4.69) is 5.18 Å². The number of carbonyl (C=O) groups excluding carboxylic acids is 1. The number of phenolic OH excluding ortho intramolecular Hbond substituents is 2. The second-order valence-electron chi connectivity index (χ2n) is 5.80. The number of phenols is 2. The number of ether oxygens (including phenoxy) is 1. The molecule has 0 bridgehead atoms. The molecule has 0 amide bonds. The minimum Gasteiger partial charge on any atom is -0.508 e. The molecule has 1 aromatic rings. The van der Waals surface area contributed by atoms with E-state index in [9.17, 15) is 19.9 Å². The average molecular weight is 331 g/mol. The van der Waals surface area contributed by atoms with E-state index in [0.29, 0.717) is 12.0 Å². The van der Waals surface area contributed by atoms with Gasteiger partial charge in [0.2, 0.25) is 0 Å². The number of rotatable bonds is 1. The van der Waals surface area contributed by atoms with Gasteiger partial charge >= 0.3 is 5.97 Å². The van der Waals surface area contributed by atoms with Gasteiger partial charge in [-0.1, -0.05) is 29.5 Å². The summed E-state index contributed by atoms with van der Waals surface area (Å²) in [4.78, 5) is 23.5. The van der Waals surface area contributed by atoms with Gasteiger partial charge in [0.1, 0.15) is 29.2 Å². The topological polar surface area (TPSA) is 96.2 Å². The van der Waals surface area contributed by atoms with Gasteiger partial charge in [0.05, 0.1) is 0 Å². The number of esters is 1. The van der Waals surface area contributed by atoms with Crippen LogP contribution in [0.1, 0.15) is 42.1 Å². The van der Waals surface area contributed by atoms with Crippen molar-refractivity contribution in [2.75, 3.05) is 0 Å². The summed E-state index contributed by atoms with van der Waals surface area (Å²) < 4.78 is 5.35.